The summed E-state index contributed by atoms with van der Waals surface area (Å²) in [5, 5.41) is 5.09. The molecule has 0 saturated carbocycles. The molecule has 2 N–H and O–H groups in total. The Morgan fingerprint density at radius 2 is 1.65 bits per heavy atom. The minimum absolute atomic E-state index is 0.0446. The van der Waals surface area contributed by atoms with Crippen LogP contribution in [0.1, 0.15) is 16.8 Å². The first-order valence-corrected chi connectivity index (χ1v) is 8.04. The maximum atomic E-state index is 11.8. The van der Waals surface area contributed by atoms with E-state index >= 15 is 0 Å². The van der Waals surface area contributed by atoms with Gasteiger partial charge in [0.2, 0.25) is 0 Å². The maximum absolute atomic E-state index is 11.8. The number of para-hydroxylation sites is 1. The molecular formula is C19H20N2O5. The first-order chi connectivity index (χ1) is 12.6. The predicted molar refractivity (Wildman–Crippen MR) is 96.0 cm³/mol. The van der Waals surface area contributed by atoms with Crippen molar-refractivity contribution in [1.82, 2.24) is 5.32 Å². The van der Waals surface area contributed by atoms with E-state index in [9.17, 15) is 14.4 Å². The van der Waals surface area contributed by atoms with Crippen molar-refractivity contribution in [3.63, 3.8) is 0 Å². The van der Waals surface area contributed by atoms with Gasteiger partial charge in [0.1, 0.15) is 5.75 Å². The number of ether oxygens (including phenoxy) is 2. The van der Waals surface area contributed by atoms with Crippen molar-refractivity contribution in [3.05, 3.63) is 60.2 Å². The van der Waals surface area contributed by atoms with Crippen molar-refractivity contribution < 1.29 is 23.9 Å². The van der Waals surface area contributed by atoms with Crippen LogP contribution in [0.25, 0.3) is 0 Å². The van der Waals surface area contributed by atoms with Crippen LogP contribution in [0, 0.1) is 0 Å². The van der Waals surface area contributed by atoms with Crippen molar-refractivity contribution in [2.24, 2.45) is 0 Å². The molecule has 2 aromatic carbocycles. The monoisotopic (exact) mass is 356 g/mol. The fourth-order valence-corrected chi connectivity index (χ4v) is 2.03. The first kappa shape index (κ1) is 19.0. The van der Waals surface area contributed by atoms with Gasteiger partial charge in [0, 0.05) is 18.3 Å². The molecule has 0 unspecified atom stereocenters. The van der Waals surface area contributed by atoms with E-state index in [0.717, 1.165) is 0 Å². The molecule has 0 heterocycles. The lowest BCUT2D eigenvalue weighted by molar-refractivity contribution is -0.147. The molecule has 2 aromatic rings. The summed E-state index contributed by atoms with van der Waals surface area (Å²) < 4.78 is 10.3. The lowest BCUT2D eigenvalue weighted by Crippen LogP contribution is -2.22. The standard InChI is InChI=1S/C19H20N2O5/c1-20-19(24)14-7-9-15(10-8-14)21-17(22)13-26-18(23)11-12-25-16-5-3-2-4-6-16/h2-10H,11-13H2,1H3,(H,20,24)(H,21,22). The smallest absolute Gasteiger partial charge is 0.309 e. The Hall–Kier alpha value is -3.35. The number of hydrogen-bond donors (Lipinski definition) is 2. The summed E-state index contributed by atoms with van der Waals surface area (Å²) in [5.74, 6) is -0.533. The Balaban J connectivity index is 1.67. The lowest BCUT2D eigenvalue weighted by atomic mass is 10.2. The van der Waals surface area contributed by atoms with Gasteiger partial charge in [-0.2, -0.15) is 0 Å². The number of hydrogen-bond acceptors (Lipinski definition) is 5. The van der Waals surface area contributed by atoms with Gasteiger partial charge < -0.3 is 20.1 Å². The van der Waals surface area contributed by atoms with Crippen molar-refractivity contribution in [2.75, 3.05) is 25.6 Å². The van der Waals surface area contributed by atoms with Gasteiger partial charge in [-0.05, 0) is 36.4 Å². The zero-order valence-electron chi connectivity index (χ0n) is 14.4. The van der Waals surface area contributed by atoms with Crippen LogP contribution >= 0.6 is 0 Å². The molecule has 0 aliphatic carbocycles. The van der Waals surface area contributed by atoms with Crippen LogP contribution < -0.4 is 15.4 Å². The number of carbonyl (C=O) groups is 3. The van der Waals surface area contributed by atoms with Crippen LogP contribution in [0.5, 0.6) is 5.75 Å². The molecule has 2 rings (SSSR count). The second kappa shape index (κ2) is 9.83. The summed E-state index contributed by atoms with van der Waals surface area (Å²) in [4.78, 5) is 34.8. The molecule has 0 saturated heterocycles. The second-order valence-corrected chi connectivity index (χ2v) is 5.28. The Labute approximate surface area is 151 Å². The third kappa shape index (κ3) is 6.27. The molecule has 0 aliphatic rings. The molecule has 0 aliphatic heterocycles. The minimum atomic E-state index is -0.522. The molecule has 26 heavy (non-hydrogen) atoms. The quantitative estimate of drug-likeness (QED) is 0.706. The third-order valence-electron chi connectivity index (χ3n) is 3.34. The predicted octanol–water partition coefficient (Wildman–Crippen LogP) is 2.00. The first-order valence-electron chi connectivity index (χ1n) is 8.04. The highest BCUT2D eigenvalue weighted by Gasteiger charge is 2.09. The van der Waals surface area contributed by atoms with Gasteiger partial charge in [-0.15, -0.1) is 0 Å². The van der Waals surface area contributed by atoms with Crippen molar-refractivity contribution in [1.29, 1.82) is 0 Å². The highest BCUT2D eigenvalue weighted by molar-refractivity contribution is 5.96. The van der Waals surface area contributed by atoms with E-state index in [-0.39, 0.29) is 25.5 Å². The number of carbonyl (C=O) groups excluding carboxylic acids is 3. The summed E-state index contributed by atoms with van der Waals surface area (Å²) in [6.07, 6.45) is 0.0446. The largest absolute Gasteiger partial charge is 0.493 e. The van der Waals surface area contributed by atoms with E-state index in [1.54, 1.807) is 36.4 Å². The summed E-state index contributed by atoms with van der Waals surface area (Å²) >= 11 is 0. The summed E-state index contributed by atoms with van der Waals surface area (Å²) in [5.41, 5.74) is 0.987. The SMILES string of the molecule is CNC(=O)c1ccc(NC(=O)COC(=O)CCOc2ccccc2)cc1. The molecule has 0 fully saturated rings. The summed E-state index contributed by atoms with van der Waals surface area (Å²) in [7, 11) is 1.54. The third-order valence-corrected chi connectivity index (χ3v) is 3.34. The van der Waals surface area contributed by atoms with Crippen LogP contribution in [0.15, 0.2) is 54.6 Å². The van der Waals surface area contributed by atoms with E-state index in [1.807, 2.05) is 18.2 Å². The average molecular weight is 356 g/mol. The average Bonchev–Trinajstić information content (AvgIpc) is 2.67. The van der Waals surface area contributed by atoms with Gasteiger partial charge in [-0.25, -0.2) is 0 Å². The number of esters is 1. The van der Waals surface area contributed by atoms with Crippen LogP contribution in [0.3, 0.4) is 0 Å². The maximum Gasteiger partial charge on any atom is 0.309 e. The molecule has 0 aromatic heterocycles. The van der Waals surface area contributed by atoms with Crippen LogP contribution in [-0.4, -0.2) is 38.0 Å². The molecular weight excluding hydrogens is 336 g/mol. The Morgan fingerprint density at radius 1 is 0.962 bits per heavy atom. The van der Waals surface area contributed by atoms with E-state index in [0.29, 0.717) is 17.0 Å². The molecule has 7 heteroatoms. The van der Waals surface area contributed by atoms with E-state index in [1.165, 1.54) is 7.05 Å². The fourth-order valence-electron chi connectivity index (χ4n) is 2.03. The van der Waals surface area contributed by atoms with Gasteiger partial charge >= 0.3 is 5.97 Å². The summed E-state index contributed by atoms with van der Waals surface area (Å²) in [6, 6.07) is 15.5. The highest BCUT2D eigenvalue weighted by atomic mass is 16.5. The second-order valence-electron chi connectivity index (χ2n) is 5.28. The molecule has 0 atom stereocenters. The van der Waals surface area contributed by atoms with Crippen molar-refractivity contribution in [3.8, 4) is 5.75 Å². The Bertz CT molecular complexity index is 744. The number of anilines is 1. The molecule has 0 radical (unpaired) electrons. The Morgan fingerprint density at radius 3 is 2.31 bits per heavy atom. The van der Waals surface area contributed by atoms with E-state index in [4.69, 9.17) is 9.47 Å². The summed E-state index contributed by atoms with van der Waals surface area (Å²) in [6.45, 7) is -0.215. The zero-order chi connectivity index (χ0) is 18.8. The molecule has 2 amide bonds. The van der Waals surface area contributed by atoms with Gasteiger partial charge in [0.15, 0.2) is 6.61 Å². The molecule has 0 spiro atoms. The van der Waals surface area contributed by atoms with Gasteiger partial charge in [-0.1, -0.05) is 18.2 Å². The Kier molecular flexibility index (Phi) is 7.17. The lowest BCUT2D eigenvalue weighted by Gasteiger charge is -2.08. The van der Waals surface area contributed by atoms with E-state index < -0.39 is 11.9 Å². The molecule has 7 nitrogen and oxygen atoms in total. The van der Waals surface area contributed by atoms with Crippen LogP contribution in [0.2, 0.25) is 0 Å². The van der Waals surface area contributed by atoms with Crippen molar-refractivity contribution in [2.45, 2.75) is 6.42 Å². The zero-order valence-corrected chi connectivity index (χ0v) is 14.4. The number of nitrogens with one attached hydrogen (secondary N) is 2. The number of rotatable bonds is 8. The minimum Gasteiger partial charge on any atom is -0.493 e. The van der Waals surface area contributed by atoms with Crippen LogP contribution in [0.4, 0.5) is 5.69 Å². The van der Waals surface area contributed by atoms with Crippen LogP contribution in [-0.2, 0) is 14.3 Å². The normalized spacial score (nSPS) is 9.88. The van der Waals surface area contributed by atoms with Crippen molar-refractivity contribution >= 4 is 23.5 Å². The fraction of sp³-hybridized carbons (Fsp3) is 0.211. The highest BCUT2D eigenvalue weighted by Crippen LogP contribution is 2.10. The number of benzene rings is 2. The molecule has 0 bridgehead atoms. The van der Waals surface area contributed by atoms with Gasteiger partial charge in [-0.3, -0.25) is 14.4 Å². The van der Waals surface area contributed by atoms with E-state index in [2.05, 4.69) is 10.6 Å². The van der Waals surface area contributed by atoms with Gasteiger partial charge in [0.05, 0.1) is 13.0 Å². The topological polar surface area (TPSA) is 93.7 Å². The molecule has 136 valence electrons. The number of amides is 2. The van der Waals surface area contributed by atoms with Gasteiger partial charge in [0.25, 0.3) is 11.8 Å².